The van der Waals surface area contributed by atoms with Crippen LogP contribution < -0.4 is 5.32 Å². The van der Waals surface area contributed by atoms with Crippen LogP contribution in [0.4, 0.5) is 0 Å². The minimum atomic E-state index is -0.836. The minimum Gasteiger partial charge on any atom is -0.481 e. The summed E-state index contributed by atoms with van der Waals surface area (Å²) < 4.78 is 0. The van der Waals surface area contributed by atoms with E-state index in [0.29, 0.717) is 12.8 Å². The molecule has 0 heterocycles. The fourth-order valence-electron chi connectivity index (χ4n) is 2.13. The molecule has 1 rings (SSSR count). The predicted octanol–water partition coefficient (Wildman–Crippen LogP) is 3.08. The quantitative estimate of drug-likeness (QED) is 0.773. The van der Waals surface area contributed by atoms with Crippen molar-refractivity contribution in [2.45, 2.75) is 58.4 Å². The topological polar surface area (TPSA) is 66.4 Å². The van der Waals surface area contributed by atoms with Crippen molar-refractivity contribution in [1.29, 1.82) is 0 Å². The Morgan fingerprint density at radius 1 is 1.14 bits per heavy atom. The molecule has 0 atom stereocenters. The second kappa shape index (κ2) is 7.81. The molecule has 0 aliphatic carbocycles. The molecule has 0 aliphatic heterocycles. The van der Waals surface area contributed by atoms with Crippen LogP contribution in [-0.2, 0) is 16.0 Å². The first kappa shape index (κ1) is 17.2. The number of rotatable bonds is 8. The molecule has 4 heteroatoms. The molecule has 0 saturated carbocycles. The average molecular weight is 291 g/mol. The monoisotopic (exact) mass is 291 g/mol. The highest BCUT2D eigenvalue weighted by Gasteiger charge is 2.21. The van der Waals surface area contributed by atoms with Crippen LogP contribution in [0, 0.1) is 6.92 Å². The SMILES string of the molecule is Cc1ccc(CCCC(=O)NC(C)(C)CCC(=O)O)cc1. The lowest BCUT2D eigenvalue weighted by Crippen LogP contribution is -2.43. The van der Waals surface area contributed by atoms with E-state index in [-0.39, 0.29) is 12.3 Å². The molecular weight excluding hydrogens is 266 g/mol. The third-order valence-electron chi connectivity index (χ3n) is 3.43. The zero-order chi connectivity index (χ0) is 15.9. The van der Waals surface area contributed by atoms with Crippen molar-refractivity contribution in [2.24, 2.45) is 0 Å². The Kier molecular flexibility index (Phi) is 6.40. The van der Waals surface area contributed by atoms with Crippen molar-refractivity contribution >= 4 is 11.9 Å². The van der Waals surface area contributed by atoms with Gasteiger partial charge >= 0.3 is 5.97 Å². The van der Waals surface area contributed by atoms with Crippen molar-refractivity contribution in [1.82, 2.24) is 5.32 Å². The number of hydrogen-bond acceptors (Lipinski definition) is 2. The third kappa shape index (κ3) is 7.49. The summed E-state index contributed by atoms with van der Waals surface area (Å²) in [5.74, 6) is -0.853. The summed E-state index contributed by atoms with van der Waals surface area (Å²) in [6, 6.07) is 8.32. The maximum absolute atomic E-state index is 11.9. The highest BCUT2D eigenvalue weighted by molar-refractivity contribution is 5.76. The number of benzene rings is 1. The van der Waals surface area contributed by atoms with E-state index in [1.54, 1.807) is 0 Å². The Balaban J connectivity index is 2.30. The number of hydrogen-bond donors (Lipinski definition) is 2. The van der Waals surface area contributed by atoms with Crippen molar-refractivity contribution in [3.63, 3.8) is 0 Å². The Labute approximate surface area is 126 Å². The molecule has 0 aliphatic rings. The number of carboxylic acids is 1. The van der Waals surface area contributed by atoms with E-state index < -0.39 is 11.5 Å². The number of amides is 1. The van der Waals surface area contributed by atoms with Crippen molar-refractivity contribution < 1.29 is 14.7 Å². The summed E-state index contributed by atoms with van der Waals surface area (Å²) >= 11 is 0. The number of nitrogens with one attached hydrogen (secondary N) is 1. The van der Waals surface area contributed by atoms with E-state index in [1.807, 2.05) is 13.8 Å². The Bertz CT molecular complexity index is 477. The van der Waals surface area contributed by atoms with Gasteiger partial charge in [-0.25, -0.2) is 0 Å². The second-order valence-electron chi connectivity index (χ2n) is 6.16. The average Bonchev–Trinajstić information content (AvgIpc) is 2.38. The third-order valence-corrected chi connectivity index (χ3v) is 3.43. The number of carboxylic acid groups (broad SMARTS) is 1. The van der Waals surface area contributed by atoms with Crippen LogP contribution in [0.3, 0.4) is 0 Å². The molecule has 0 fully saturated rings. The van der Waals surface area contributed by atoms with Gasteiger partial charge in [-0.3, -0.25) is 9.59 Å². The van der Waals surface area contributed by atoms with Crippen LogP contribution in [0.1, 0.15) is 50.7 Å². The van der Waals surface area contributed by atoms with Gasteiger partial charge in [0.15, 0.2) is 0 Å². The molecule has 4 nitrogen and oxygen atoms in total. The summed E-state index contributed by atoms with van der Waals surface area (Å²) in [5, 5.41) is 11.6. The largest absolute Gasteiger partial charge is 0.481 e. The van der Waals surface area contributed by atoms with Gasteiger partial charge in [-0.15, -0.1) is 0 Å². The summed E-state index contributed by atoms with van der Waals surface area (Å²) in [6.07, 6.45) is 2.64. The first-order chi connectivity index (χ1) is 9.78. The van der Waals surface area contributed by atoms with Gasteiger partial charge in [0.1, 0.15) is 0 Å². The van der Waals surface area contributed by atoms with Crippen molar-refractivity contribution in [3.05, 3.63) is 35.4 Å². The fourth-order valence-corrected chi connectivity index (χ4v) is 2.13. The summed E-state index contributed by atoms with van der Waals surface area (Å²) in [6.45, 7) is 5.76. The molecule has 0 saturated heterocycles. The van der Waals surface area contributed by atoms with E-state index >= 15 is 0 Å². The fraction of sp³-hybridized carbons (Fsp3) is 0.529. The zero-order valence-electron chi connectivity index (χ0n) is 13.1. The summed E-state index contributed by atoms with van der Waals surface area (Å²) in [7, 11) is 0. The van der Waals surface area contributed by atoms with Crippen LogP contribution in [0.2, 0.25) is 0 Å². The first-order valence-electron chi connectivity index (χ1n) is 7.37. The number of aryl methyl sites for hydroxylation is 2. The second-order valence-corrected chi connectivity index (χ2v) is 6.16. The molecule has 1 aromatic carbocycles. The number of carbonyl (C=O) groups excluding carboxylic acids is 1. The summed E-state index contributed by atoms with van der Waals surface area (Å²) in [4.78, 5) is 22.5. The van der Waals surface area contributed by atoms with Crippen LogP contribution in [0.15, 0.2) is 24.3 Å². The van der Waals surface area contributed by atoms with Gasteiger partial charge in [-0.2, -0.15) is 0 Å². The molecule has 116 valence electrons. The van der Waals surface area contributed by atoms with Crippen molar-refractivity contribution in [2.75, 3.05) is 0 Å². The van der Waals surface area contributed by atoms with E-state index in [1.165, 1.54) is 11.1 Å². The maximum atomic E-state index is 11.9. The Morgan fingerprint density at radius 3 is 2.33 bits per heavy atom. The zero-order valence-corrected chi connectivity index (χ0v) is 13.1. The van der Waals surface area contributed by atoms with Gasteiger partial charge in [-0.05, 0) is 45.6 Å². The summed E-state index contributed by atoms with van der Waals surface area (Å²) in [5.41, 5.74) is 1.99. The van der Waals surface area contributed by atoms with Crippen LogP contribution in [-0.4, -0.2) is 22.5 Å². The number of carbonyl (C=O) groups is 2. The van der Waals surface area contributed by atoms with Gasteiger partial charge in [0, 0.05) is 18.4 Å². The Hall–Kier alpha value is -1.84. The molecule has 1 amide bonds. The molecule has 0 unspecified atom stereocenters. The highest BCUT2D eigenvalue weighted by Crippen LogP contribution is 2.12. The standard InChI is InChI=1S/C17H25NO3/c1-13-7-9-14(10-8-13)5-4-6-15(19)18-17(2,3)12-11-16(20)21/h7-10H,4-6,11-12H2,1-3H3,(H,18,19)(H,20,21). The van der Waals surface area contributed by atoms with Gasteiger partial charge in [0.2, 0.25) is 5.91 Å². The lowest BCUT2D eigenvalue weighted by Gasteiger charge is -2.25. The molecule has 1 aromatic rings. The smallest absolute Gasteiger partial charge is 0.303 e. The highest BCUT2D eigenvalue weighted by atomic mass is 16.4. The van der Waals surface area contributed by atoms with Gasteiger partial charge in [0.05, 0.1) is 0 Å². The molecule has 0 spiro atoms. The maximum Gasteiger partial charge on any atom is 0.303 e. The van der Waals surface area contributed by atoms with E-state index in [9.17, 15) is 9.59 Å². The van der Waals surface area contributed by atoms with Gasteiger partial charge in [-0.1, -0.05) is 29.8 Å². The Morgan fingerprint density at radius 2 is 1.76 bits per heavy atom. The number of aliphatic carboxylic acids is 1. The lowest BCUT2D eigenvalue weighted by atomic mass is 9.98. The minimum absolute atomic E-state index is 0.0162. The van der Waals surface area contributed by atoms with Crippen LogP contribution >= 0.6 is 0 Å². The van der Waals surface area contributed by atoms with E-state index in [4.69, 9.17) is 5.11 Å². The first-order valence-corrected chi connectivity index (χ1v) is 7.37. The van der Waals surface area contributed by atoms with Gasteiger partial charge < -0.3 is 10.4 Å². The van der Waals surface area contributed by atoms with E-state index in [2.05, 4.69) is 36.5 Å². The predicted molar refractivity (Wildman–Crippen MR) is 83.2 cm³/mol. The van der Waals surface area contributed by atoms with Crippen LogP contribution in [0.25, 0.3) is 0 Å². The molecule has 2 N–H and O–H groups in total. The van der Waals surface area contributed by atoms with Crippen LogP contribution in [0.5, 0.6) is 0 Å². The molecule has 0 bridgehead atoms. The van der Waals surface area contributed by atoms with E-state index in [0.717, 1.165) is 12.8 Å². The molecule has 0 radical (unpaired) electrons. The van der Waals surface area contributed by atoms with Gasteiger partial charge in [0.25, 0.3) is 0 Å². The van der Waals surface area contributed by atoms with Crippen molar-refractivity contribution in [3.8, 4) is 0 Å². The lowest BCUT2D eigenvalue weighted by molar-refractivity contribution is -0.137. The normalized spacial score (nSPS) is 11.2. The molecule has 0 aromatic heterocycles. The molecule has 21 heavy (non-hydrogen) atoms. The molecular formula is C17H25NO3.